The van der Waals surface area contributed by atoms with E-state index < -0.39 is 0 Å². The molecule has 3 aromatic rings. The van der Waals surface area contributed by atoms with E-state index in [0.717, 1.165) is 36.0 Å². The number of rotatable bonds is 13. The molecule has 0 saturated carbocycles. The van der Waals surface area contributed by atoms with Crippen LogP contribution in [0.1, 0.15) is 36.5 Å². The number of allylic oxidation sites excluding steroid dienone is 2. The van der Waals surface area contributed by atoms with Crippen molar-refractivity contribution in [3.05, 3.63) is 95.8 Å². The van der Waals surface area contributed by atoms with Crippen molar-refractivity contribution in [1.82, 2.24) is 10.3 Å². The number of aromatic nitrogens is 1. The third kappa shape index (κ3) is 7.87. The zero-order valence-corrected chi connectivity index (χ0v) is 22.7. The van der Waals surface area contributed by atoms with Gasteiger partial charge < -0.3 is 24.3 Å². The van der Waals surface area contributed by atoms with Crippen LogP contribution in [0.15, 0.2) is 79.2 Å². The summed E-state index contributed by atoms with van der Waals surface area (Å²) < 4.78 is 21.8. The summed E-state index contributed by atoms with van der Waals surface area (Å²) in [7, 11) is 6.40. The summed E-state index contributed by atoms with van der Waals surface area (Å²) in [6.07, 6.45) is 11.6. The second-order valence-electron chi connectivity index (χ2n) is 8.74. The average molecular weight is 517 g/mol. The Morgan fingerprint density at radius 3 is 2.03 bits per heavy atom. The monoisotopic (exact) mass is 516 g/mol. The Hall–Kier alpha value is -4.26. The Balaban J connectivity index is 1.77. The molecule has 1 atom stereocenters. The molecule has 0 radical (unpaired) electrons. The smallest absolute Gasteiger partial charge is 0.244 e. The molecule has 0 fully saturated rings. The largest absolute Gasteiger partial charge is 0.493 e. The summed E-state index contributed by atoms with van der Waals surface area (Å²) in [6.45, 7) is 2.02. The van der Waals surface area contributed by atoms with E-state index in [-0.39, 0.29) is 11.9 Å². The third-order valence-electron chi connectivity index (χ3n) is 6.11. The van der Waals surface area contributed by atoms with Gasteiger partial charge >= 0.3 is 0 Å². The Kier molecular flexibility index (Phi) is 10.8. The number of nitrogens with one attached hydrogen (secondary N) is 1. The van der Waals surface area contributed by atoms with E-state index in [9.17, 15) is 4.79 Å². The van der Waals surface area contributed by atoms with Crippen LogP contribution in [-0.2, 0) is 11.2 Å². The van der Waals surface area contributed by atoms with Gasteiger partial charge in [0.1, 0.15) is 0 Å². The van der Waals surface area contributed by atoms with Crippen molar-refractivity contribution in [3.63, 3.8) is 0 Å². The van der Waals surface area contributed by atoms with Crippen molar-refractivity contribution < 1.29 is 23.7 Å². The highest BCUT2D eigenvalue weighted by molar-refractivity contribution is 5.89. The summed E-state index contributed by atoms with van der Waals surface area (Å²) in [5.41, 5.74) is 3.86. The van der Waals surface area contributed by atoms with E-state index in [1.807, 2.05) is 61.7 Å². The molecule has 0 unspecified atom stereocenters. The molecule has 0 bridgehead atoms. The lowest BCUT2D eigenvalue weighted by Crippen LogP contribution is -2.31. The molecular formula is C31H36N2O5. The van der Waals surface area contributed by atoms with E-state index >= 15 is 0 Å². The quantitative estimate of drug-likeness (QED) is 0.234. The summed E-state index contributed by atoms with van der Waals surface area (Å²) in [4.78, 5) is 16.7. The number of methoxy groups -OCH3 is 4. The first-order chi connectivity index (χ1) is 18.5. The van der Waals surface area contributed by atoms with Gasteiger partial charge in [-0.05, 0) is 78.8 Å². The second-order valence-corrected chi connectivity index (χ2v) is 8.74. The zero-order valence-electron chi connectivity index (χ0n) is 22.7. The van der Waals surface area contributed by atoms with Gasteiger partial charge in [0.2, 0.25) is 5.91 Å². The minimum atomic E-state index is -0.144. The molecule has 0 saturated heterocycles. The van der Waals surface area contributed by atoms with Crippen LogP contribution in [0.25, 0.3) is 5.57 Å². The second kappa shape index (κ2) is 14.5. The fraction of sp³-hybridized carbons (Fsp3) is 0.290. The fourth-order valence-electron chi connectivity index (χ4n) is 4.12. The van der Waals surface area contributed by atoms with Crippen molar-refractivity contribution in [2.75, 3.05) is 28.4 Å². The maximum Gasteiger partial charge on any atom is 0.244 e. The van der Waals surface area contributed by atoms with Gasteiger partial charge in [0.05, 0.1) is 28.4 Å². The van der Waals surface area contributed by atoms with Crippen LogP contribution in [0.2, 0.25) is 0 Å². The van der Waals surface area contributed by atoms with Gasteiger partial charge in [-0.3, -0.25) is 9.78 Å². The highest BCUT2D eigenvalue weighted by Gasteiger charge is 2.13. The molecule has 7 nitrogen and oxygen atoms in total. The molecule has 0 aliphatic carbocycles. The van der Waals surface area contributed by atoms with Gasteiger partial charge in [-0.25, -0.2) is 0 Å². The minimum absolute atomic E-state index is 0.0592. The number of carbonyl (C=O) groups is 1. The number of ether oxygens (including phenoxy) is 4. The van der Waals surface area contributed by atoms with Crippen LogP contribution in [0.5, 0.6) is 23.0 Å². The predicted octanol–water partition coefficient (Wildman–Crippen LogP) is 5.63. The lowest BCUT2D eigenvalue weighted by molar-refractivity contribution is -0.117. The van der Waals surface area contributed by atoms with Crippen LogP contribution >= 0.6 is 0 Å². The average Bonchev–Trinajstić information content (AvgIpc) is 2.95. The van der Waals surface area contributed by atoms with Crippen molar-refractivity contribution in [3.8, 4) is 23.0 Å². The van der Waals surface area contributed by atoms with Crippen molar-refractivity contribution in [1.29, 1.82) is 0 Å². The molecule has 3 rings (SSSR count). The van der Waals surface area contributed by atoms with Crippen molar-refractivity contribution in [2.24, 2.45) is 0 Å². The number of amides is 1. The molecule has 7 heteroatoms. The zero-order chi connectivity index (χ0) is 27.3. The number of nitrogens with zero attached hydrogens (tertiary/aromatic N) is 1. The van der Waals surface area contributed by atoms with E-state index in [4.69, 9.17) is 18.9 Å². The number of benzene rings is 2. The van der Waals surface area contributed by atoms with E-state index in [0.29, 0.717) is 23.0 Å². The van der Waals surface area contributed by atoms with Crippen LogP contribution in [0.4, 0.5) is 0 Å². The first-order valence-corrected chi connectivity index (χ1v) is 12.5. The van der Waals surface area contributed by atoms with Gasteiger partial charge in [0, 0.05) is 24.5 Å². The minimum Gasteiger partial charge on any atom is -0.493 e. The molecule has 2 aromatic carbocycles. The van der Waals surface area contributed by atoms with Crippen LogP contribution in [0, 0.1) is 0 Å². The molecule has 0 aliphatic heterocycles. The Morgan fingerprint density at radius 1 is 0.895 bits per heavy atom. The normalized spacial score (nSPS) is 11.5. The summed E-state index contributed by atoms with van der Waals surface area (Å²) >= 11 is 0. The number of carbonyl (C=O) groups excluding carboxylic acids is 1. The molecule has 1 N–H and O–H groups in total. The first-order valence-electron chi connectivity index (χ1n) is 12.5. The SMILES string of the molecule is COc1ccc(C(=C/C=C/C(=O)N[C@H](C)CCCc2cccnc2)c2ccc(OC)c(OC)c2)cc1OC. The van der Waals surface area contributed by atoms with Gasteiger partial charge in [-0.2, -0.15) is 0 Å². The summed E-state index contributed by atoms with van der Waals surface area (Å²) in [6, 6.07) is 15.5. The highest BCUT2D eigenvalue weighted by Crippen LogP contribution is 2.36. The molecule has 0 aliphatic rings. The third-order valence-corrected chi connectivity index (χ3v) is 6.11. The number of hydrogen-bond acceptors (Lipinski definition) is 6. The Bertz CT molecular complexity index is 1200. The number of aryl methyl sites for hydroxylation is 1. The van der Waals surface area contributed by atoms with E-state index in [1.54, 1.807) is 46.8 Å². The molecular weight excluding hydrogens is 480 g/mol. The van der Waals surface area contributed by atoms with Crippen molar-refractivity contribution in [2.45, 2.75) is 32.2 Å². The van der Waals surface area contributed by atoms with Gasteiger partial charge in [-0.15, -0.1) is 0 Å². The van der Waals surface area contributed by atoms with E-state index in [2.05, 4.69) is 16.4 Å². The topological polar surface area (TPSA) is 78.9 Å². The molecule has 38 heavy (non-hydrogen) atoms. The maximum atomic E-state index is 12.6. The fourth-order valence-corrected chi connectivity index (χ4v) is 4.12. The maximum absolute atomic E-state index is 12.6. The standard InChI is InChI=1S/C31H36N2O5/c1-22(9-6-10-23-11-8-18-32-21-23)33-31(34)13-7-12-26(24-14-16-27(35-2)29(19-24)37-4)25-15-17-28(36-3)30(20-25)38-5/h7-8,11-22H,6,9-10H2,1-5H3,(H,33,34)/b13-7+/t22-/m1/s1. The number of pyridine rings is 1. The molecule has 0 spiro atoms. The predicted molar refractivity (Wildman–Crippen MR) is 150 cm³/mol. The molecule has 1 heterocycles. The summed E-state index contributed by atoms with van der Waals surface area (Å²) in [5, 5.41) is 3.04. The highest BCUT2D eigenvalue weighted by atomic mass is 16.5. The van der Waals surface area contributed by atoms with Gasteiger partial charge in [0.15, 0.2) is 23.0 Å². The van der Waals surface area contributed by atoms with Crippen LogP contribution in [-0.4, -0.2) is 45.4 Å². The van der Waals surface area contributed by atoms with Gasteiger partial charge in [-0.1, -0.05) is 30.4 Å². The van der Waals surface area contributed by atoms with Crippen LogP contribution in [0.3, 0.4) is 0 Å². The lowest BCUT2D eigenvalue weighted by Gasteiger charge is -2.14. The Labute approximate surface area is 225 Å². The van der Waals surface area contributed by atoms with Gasteiger partial charge in [0.25, 0.3) is 0 Å². The lowest BCUT2D eigenvalue weighted by atomic mass is 9.96. The van der Waals surface area contributed by atoms with Crippen LogP contribution < -0.4 is 24.3 Å². The van der Waals surface area contributed by atoms with E-state index in [1.165, 1.54) is 5.56 Å². The Morgan fingerprint density at radius 2 is 1.50 bits per heavy atom. The molecule has 200 valence electrons. The van der Waals surface area contributed by atoms with Crippen molar-refractivity contribution >= 4 is 11.5 Å². The molecule has 1 amide bonds. The molecule has 1 aromatic heterocycles. The first kappa shape index (κ1) is 28.3. The summed E-state index contributed by atoms with van der Waals surface area (Å²) in [5.74, 6) is 2.34. The number of hydrogen-bond donors (Lipinski definition) is 1.